The third kappa shape index (κ3) is 2.82. The lowest BCUT2D eigenvalue weighted by molar-refractivity contribution is -0.137. The quantitative estimate of drug-likeness (QED) is 0.870. The number of nitrogens with two attached hydrogens (primary N) is 1. The second-order valence-electron chi connectivity index (χ2n) is 4.15. The summed E-state index contributed by atoms with van der Waals surface area (Å²) in [5.74, 6) is 0. The number of hydrogen-bond acceptors (Lipinski definition) is 3. The Bertz CT molecular complexity index is 539. The minimum atomic E-state index is -4.48. The molecule has 1 fully saturated rings. The summed E-state index contributed by atoms with van der Waals surface area (Å²) >= 11 is 0. The van der Waals surface area contributed by atoms with Crippen molar-refractivity contribution in [2.75, 3.05) is 0 Å². The Hall–Kier alpha value is -1.12. The minimum absolute atomic E-state index is 0.199. The number of halogens is 3. The topological polar surface area (TPSA) is 72.2 Å². The Balaban J connectivity index is 2.18. The molecule has 18 heavy (non-hydrogen) atoms. The number of nitrogens with one attached hydrogen (secondary N) is 1. The molecule has 1 aromatic rings. The summed E-state index contributed by atoms with van der Waals surface area (Å²) < 4.78 is 62.7. The molecule has 0 aliphatic heterocycles. The van der Waals surface area contributed by atoms with Crippen LogP contribution in [0.25, 0.3) is 0 Å². The fraction of sp³-hybridized carbons (Fsp3) is 0.400. The summed E-state index contributed by atoms with van der Waals surface area (Å²) in [5, 5.41) is 0. The molecule has 2 unspecified atom stereocenters. The van der Waals surface area contributed by atoms with E-state index in [1.807, 2.05) is 0 Å². The highest BCUT2D eigenvalue weighted by atomic mass is 32.2. The first-order valence-corrected chi connectivity index (χ1v) is 6.63. The van der Waals surface area contributed by atoms with Gasteiger partial charge in [0.05, 0.1) is 10.5 Å². The molecule has 1 aliphatic rings. The van der Waals surface area contributed by atoms with E-state index in [1.165, 1.54) is 0 Å². The number of rotatable bonds is 3. The van der Waals surface area contributed by atoms with Crippen molar-refractivity contribution in [3.63, 3.8) is 0 Å². The molecule has 100 valence electrons. The van der Waals surface area contributed by atoms with Crippen LogP contribution in [0.1, 0.15) is 12.0 Å². The fourth-order valence-electron chi connectivity index (χ4n) is 1.44. The highest BCUT2D eigenvalue weighted by Gasteiger charge is 2.37. The Morgan fingerprint density at radius 3 is 2.11 bits per heavy atom. The van der Waals surface area contributed by atoms with Crippen LogP contribution in [-0.4, -0.2) is 20.5 Å². The van der Waals surface area contributed by atoms with Crippen LogP contribution in [0.4, 0.5) is 13.2 Å². The van der Waals surface area contributed by atoms with E-state index in [4.69, 9.17) is 5.73 Å². The Labute approximate surface area is 102 Å². The van der Waals surface area contributed by atoms with Gasteiger partial charge in [0, 0.05) is 12.1 Å². The van der Waals surface area contributed by atoms with Gasteiger partial charge in [-0.05, 0) is 30.7 Å². The Morgan fingerprint density at radius 2 is 1.72 bits per heavy atom. The van der Waals surface area contributed by atoms with Crippen molar-refractivity contribution in [1.82, 2.24) is 4.72 Å². The van der Waals surface area contributed by atoms with Gasteiger partial charge in [-0.25, -0.2) is 13.1 Å². The van der Waals surface area contributed by atoms with Crippen LogP contribution in [0.3, 0.4) is 0 Å². The van der Waals surface area contributed by atoms with Gasteiger partial charge in [-0.2, -0.15) is 13.2 Å². The summed E-state index contributed by atoms with van der Waals surface area (Å²) in [4.78, 5) is -0.199. The summed E-state index contributed by atoms with van der Waals surface area (Å²) in [5.41, 5.74) is 4.57. The van der Waals surface area contributed by atoms with E-state index >= 15 is 0 Å². The normalized spacial score (nSPS) is 24.0. The lowest BCUT2D eigenvalue weighted by Crippen LogP contribution is -2.29. The van der Waals surface area contributed by atoms with E-state index in [1.54, 1.807) is 0 Å². The highest BCUT2D eigenvalue weighted by molar-refractivity contribution is 7.89. The van der Waals surface area contributed by atoms with Gasteiger partial charge >= 0.3 is 6.18 Å². The summed E-state index contributed by atoms with van der Waals surface area (Å²) in [6.07, 6.45) is -3.94. The van der Waals surface area contributed by atoms with Crippen LogP contribution in [-0.2, 0) is 16.2 Å². The van der Waals surface area contributed by atoms with Crippen molar-refractivity contribution in [3.8, 4) is 0 Å². The van der Waals surface area contributed by atoms with Crippen molar-refractivity contribution in [2.45, 2.75) is 29.6 Å². The Kier molecular flexibility index (Phi) is 3.12. The molecular weight excluding hydrogens is 269 g/mol. The van der Waals surface area contributed by atoms with Gasteiger partial charge in [-0.15, -0.1) is 0 Å². The second kappa shape index (κ2) is 4.22. The first kappa shape index (κ1) is 13.3. The van der Waals surface area contributed by atoms with Gasteiger partial charge < -0.3 is 5.73 Å². The molecule has 1 aromatic carbocycles. The molecule has 4 nitrogen and oxygen atoms in total. The molecule has 0 aromatic heterocycles. The van der Waals surface area contributed by atoms with Gasteiger partial charge in [0.2, 0.25) is 10.0 Å². The smallest absolute Gasteiger partial charge is 0.326 e. The van der Waals surface area contributed by atoms with Crippen LogP contribution in [0.2, 0.25) is 0 Å². The summed E-state index contributed by atoms with van der Waals surface area (Å²) in [6.45, 7) is 0. The summed E-state index contributed by atoms with van der Waals surface area (Å²) in [7, 11) is -3.79. The van der Waals surface area contributed by atoms with Crippen LogP contribution in [0.15, 0.2) is 29.2 Å². The number of benzene rings is 1. The van der Waals surface area contributed by atoms with Gasteiger partial charge in [0.15, 0.2) is 0 Å². The SMILES string of the molecule is NC1CC1NS(=O)(=O)c1ccc(C(F)(F)F)cc1. The second-order valence-corrected chi connectivity index (χ2v) is 5.86. The molecule has 0 heterocycles. The molecule has 0 amide bonds. The zero-order valence-electron chi connectivity index (χ0n) is 9.11. The third-order valence-corrected chi connectivity index (χ3v) is 4.14. The maximum absolute atomic E-state index is 12.3. The number of alkyl halides is 3. The average Bonchev–Trinajstić information content (AvgIpc) is 2.92. The monoisotopic (exact) mass is 280 g/mol. The lowest BCUT2D eigenvalue weighted by Gasteiger charge is -2.09. The molecule has 1 aliphatic carbocycles. The number of hydrogen-bond donors (Lipinski definition) is 2. The zero-order valence-corrected chi connectivity index (χ0v) is 9.92. The first-order chi connectivity index (χ1) is 8.20. The minimum Gasteiger partial charge on any atom is -0.326 e. The van der Waals surface area contributed by atoms with Crippen LogP contribution >= 0.6 is 0 Å². The molecule has 0 saturated heterocycles. The predicted octanol–water partition coefficient (Wildman–Crippen LogP) is 1.08. The average molecular weight is 280 g/mol. The van der Waals surface area contributed by atoms with Crippen molar-refractivity contribution in [1.29, 1.82) is 0 Å². The van der Waals surface area contributed by atoms with Crippen molar-refractivity contribution >= 4 is 10.0 Å². The van der Waals surface area contributed by atoms with Crippen LogP contribution in [0.5, 0.6) is 0 Å². The van der Waals surface area contributed by atoms with Gasteiger partial charge in [0.1, 0.15) is 0 Å². The fourth-order valence-corrected chi connectivity index (χ4v) is 2.74. The Morgan fingerprint density at radius 1 is 1.22 bits per heavy atom. The first-order valence-electron chi connectivity index (χ1n) is 5.15. The van der Waals surface area contributed by atoms with Crippen LogP contribution in [0, 0.1) is 0 Å². The molecule has 0 bridgehead atoms. The number of sulfonamides is 1. The molecule has 8 heteroatoms. The highest BCUT2D eigenvalue weighted by Crippen LogP contribution is 2.30. The third-order valence-electron chi connectivity index (χ3n) is 2.64. The van der Waals surface area contributed by atoms with E-state index in [0.717, 1.165) is 24.3 Å². The van der Waals surface area contributed by atoms with Crippen molar-refractivity contribution in [2.24, 2.45) is 5.73 Å². The van der Waals surface area contributed by atoms with E-state index in [-0.39, 0.29) is 17.0 Å². The largest absolute Gasteiger partial charge is 0.416 e. The van der Waals surface area contributed by atoms with E-state index in [9.17, 15) is 21.6 Å². The zero-order chi connectivity index (χ0) is 13.6. The maximum Gasteiger partial charge on any atom is 0.416 e. The maximum atomic E-state index is 12.3. The van der Waals surface area contributed by atoms with E-state index < -0.39 is 21.8 Å². The molecule has 0 spiro atoms. The molecule has 0 radical (unpaired) electrons. The molecule has 2 rings (SSSR count). The molecule has 1 saturated carbocycles. The van der Waals surface area contributed by atoms with E-state index in [2.05, 4.69) is 4.72 Å². The summed E-state index contributed by atoms with van der Waals surface area (Å²) in [6, 6.07) is 2.80. The predicted molar refractivity (Wildman–Crippen MR) is 58.1 cm³/mol. The van der Waals surface area contributed by atoms with Crippen molar-refractivity contribution in [3.05, 3.63) is 29.8 Å². The molecular formula is C10H11F3N2O2S. The van der Waals surface area contributed by atoms with E-state index in [0.29, 0.717) is 6.42 Å². The van der Waals surface area contributed by atoms with Crippen LogP contribution < -0.4 is 10.5 Å². The van der Waals surface area contributed by atoms with Gasteiger partial charge in [-0.1, -0.05) is 0 Å². The standard InChI is InChI=1S/C10H11F3N2O2S/c11-10(12,13)6-1-3-7(4-2-6)18(16,17)15-9-5-8(9)14/h1-4,8-9,15H,5,14H2. The van der Waals surface area contributed by atoms with Gasteiger partial charge in [-0.3, -0.25) is 0 Å². The lowest BCUT2D eigenvalue weighted by atomic mass is 10.2. The molecule has 3 N–H and O–H groups in total. The molecule has 2 atom stereocenters. The van der Waals surface area contributed by atoms with Crippen molar-refractivity contribution < 1.29 is 21.6 Å². The van der Waals surface area contributed by atoms with Gasteiger partial charge in [0.25, 0.3) is 0 Å².